The van der Waals surface area contributed by atoms with E-state index in [1.807, 2.05) is 13.0 Å². The molecular formula is C31H22F8O2. The molecule has 4 aromatic carbocycles. The molecule has 41 heavy (non-hydrogen) atoms. The van der Waals surface area contributed by atoms with Gasteiger partial charge in [0.05, 0.1) is 11.6 Å². The van der Waals surface area contributed by atoms with Crippen LogP contribution in [0.5, 0.6) is 11.5 Å². The fourth-order valence-corrected chi connectivity index (χ4v) is 4.07. The Morgan fingerprint density at radius 1 is 0.707 bits per heavy atom. The van der Waals surface area contributed by atoms with Gasteiger partial charge in [-0.3, -0.25) is 0 Å². The van der Waals surface area contributed by atoms with Crippen molar-refractivity contribution in [1.82, 2.24) is 0 Å². The summed E-state index contributed by atoms with van der Waals surface area (Å²) in [5, 5.41) is 0. The minimum Gasteiger partial charge on any atom is -0.429 e. The second-order valence-electron chi connectivity index (χ2n) is 9.03. The molecule has 214 valence electrons. The van der Waals surface area contributed by atoms with Gasteiger partial charge in [-0.05, 0) is 59.0 Å². The van der Waals surface area contributed by atoms with Gasteiger partial charge >= 0.3 is 12.2 Å². The van der Waals surface area contributed by atoms with Crippen LogP contribution in [-0.2, 0) is 12.5 Å². The zero-order valence-electron chi connectivity index (χ0n) is 21.4. The molecule has 4 aromatic rings. The molecule has 0 aliphatic carbocycles. The predicted octanol–water partition coefficient (Wildman–Crippen LogP) is 10.1. The standard InChI is InChI=1S/C31H22F8O2/c1-2-3-19-4-14-25(26(32)16-19)22-7-5-20(6-8-22)21-9-11-23(12-10-21)31(38,39)40-24-13-15-28(27(33)17-24)41-30(36,37)18-29(34)35/h4-18H,2-3H2,1H3. The van der Waals surface area contributed by atoms with E-state index in [-0.39, 0.29) is 5.82 Å². The van der Waals surface area contributed by atoms with E-state index in [0.717, 1.165) is 36.6 Å². The van der Waals surface area contributed by atoms with Gasteiger partial charge in [-0.2, -0.15) is 26.3 Å². The Hall–Kier alpha value is -4.34. The Morgan fingerprint density at radius 2 is 1.32 bits per heavy atom. The fraction of sp³-hybridized carbons (Fsp3) is 0.161. The van der Waals surface area contributed by atoms with Crippen molar-refractivity contribution in [2.45, 2.75) is 32.0 Å². The molecule has 0 fully saturated rings. The van der Waals surface area contributed by atoms with E-state index >= 15 is 0 Å². The van der Waals surface area contributed by atoms with Crippen LogP contribution in [0.25, 0.3) is 22.3 Å². The average molecular weight is 578 g/mol. The van der Waals surface area contributed by atoms with Crippen LogP contribution in [0.4, 0.5) is 35.1 Å². The number of rotatable bonds is 10. The summed E-state index contributed by atoms with van der Waals surface area (Å²) in [7, 11) is 0. The van der Waals surface area contributed by atoms with Crippen molar-refractivity contribution < 1.29 is 44.6 Å². The first-order chi connectivity index (χ1) is 19.4. The highest BCUT2D eigenvalue weighted by Gasteiger charge is 2.35. The van der Waals surface area contributed by atoms with Gasteiger partial charge in [0.15, 0.2) is 11.6 Å². The molecule has 0 atom stereocenters. The third-order valence-electron chi connectivity index (χ3n) is 5.99. The average Bonchev–Trinajstić information content (AvgIpc) is 2.90. The lowest BCUT2D eigenvalue weighted by molar-refractivity contribution is -0.185. The van der Waals surface area contributed by atoms with Crippen molar-refractivity contribution in [3.05, 3.63) is 120 Å². The largest absolute Gasteiger partial charge is 0.429 e. The summed E-state index contributed by atoms with van der Waals surface area (Å²) in [6, 6.07) is 18.7. The summed E-state index contributed by atoms with van der Waals surface area (Å²) < 4.78 is 118. The van der Waals surface area contributed by atoms with Crippen LogP contribution in [0.15, 0.2) is 97.1 Å². The highest BCUT2D eigenvalue weighted by Crippen LogP contribution is 2.36. The summed E-state index contributed by atoms with van der Waals surface area (Å²) in [4.78, 5) is 0. The van der Waals surface area contributed by atoms with Crippen LogP contribution in [0.1, 0.15) is 24.5 Å². The van der Waals surface area contributed by atoms with Crippen molar-refractivity contribution in [3.63, 3.8) is 0 Å². The van der Waals surface area contributed by atoms with Crippen LogP contribution in [-0.4, -0.2) is 6.11 Å². The first kappa shape index (κ1) is 29.6. The maximum atomic E-state index is 14.8. The first-order valence-electron chi connectivity index (χ1n) is 12.3. The van der Waals surface area contributed by atoms with Crippen LogP contribution < -0.4 is 9.47 Å². The van der Waals surface area contributed by atoms with Crippen LogP contribution in [0.3, 0.4) is 0 Å². The van der Waals surface area contributed by atoms with Crippen LogP contribution >= 0.6 is 0 Å². The minimum absolute atomic E-state index is 0.334. The summed E-state index contributed by atoms with van der Waals surface area (Å²) in [6.07, 6.45) is -10.4. The van der Waals surface area contributed by atoms with E-state index in [2.05, 4.69) is 9.47 Å². The molecule has 4 rings (SSSR count). The highest BCUT2D eigenvalue weighted by atomic mass is 19.3. The van der Waals surface area contributed by atoms with Crippen molar-refractivity contribution >= 4 is 0 Å². The molecule has 10 heteroatoms. The number of benzene rings is 4. The van der Waals surface area contributed by atoms with Crippen LogP contribution in [0, 0.1) is 11.6 Å². The van der Waals surface area contributed by atoms with Gasteiger partial charge in [0, 0.05) is 11.6 Å². The third kappa shape index (κ3) is 7.45. The van der Waals surface area contributed by atoms with E-state index in [0.29, 0.717) is 34.4 Å². The molecular weight excluding hydrogens is 556 g/mol. The zero-order valence-corrected chi connectivity index (χ0v) is 21.4. The van der Waals surface area contributed by atoms with Crippen molar-refractivity contribution in [1.29, 1.82) is 0 Å². The molecule has 2 nitrogen and oxygen atoms in total. The summed E-state index contributed by atoms with van der Waals surface area (Å²) in [5.74, 6) is -3.72. The molecule has 0 aromatic heterocycles. The number of alkyl halides is 4. The van der Waals surface area contributed by atoms with Crippen molar-refractivity contribution in [3.8, 4) is 33.8 Å². The monoisotopic (exact) mass is 578 g/mol. The smallest absolute Gasteiger partial charge is 0.426 e. The van der Waals surface area contributed by atoms with Gasteiger partial charge in [-0.15, -0.1) is 0 Å². The quantitative estimate of drug-likeness (QED) is 0.174. The molecule has 0 aliphatic rings. The lowest BCUT2D eigenvalue weighted by Crippen LogP contribution is -2.23. The Labute approximate surface area is 230 Å². The molecule has 0 unspecified atom stereocenters. The molecule has 0 N–H and O–H groups in total. The van der Waals surface area contributed by atoms with Gasteiger partial charge in [0.1, 0.15) is 11.6 Å². The Kier molecular flexibility index (Phi) is 8.70. The van der Waals surface area contributed by atoms with Gasteiger partial charge in [-0.25, -0.2) is 8.78 Å². The second kappa shape index (κ2) is 12.0. The maximum absolute atomic E-state index is 14.8. The molecule has 0 radical (unpaired) electrons. The molecule has 0 amide bonds. The molecule has 0 saturated carbocycles. The Bertz CT molecular complexity index is 1530. The van der Waals surface area contributed by atoms with Crippen molar-refractivity contribution in [2.24, 2.45) is 0 Å². The molecule has 0 spiro atoms. The number of ether oxygens (including phenoxy) is 2. The van der Waals surface area contributed by atoms with Gasteiger partial charge < -0.3 is 9.47 Å². The molecule has 0 saturated heterocycles. The number of halogens is 8. The molecule has 0 bridgehead atoms. The normalized spacial score (nSPS) is 11.7. The van der Waals surface area contributed by atoms with E-state index in [1.54, 1.807) is 30.3 Å². The molecule has 0 heterocycles. The van der Waals surface area contributed by atoms with Gasteiger partial charge in [0.2, 0.25) is 0 Å². The Balaban J connectivity index is 1.46. The maximum Gasteiger partial charge on any atom is 0.426 e. The van der Waals surface area contributed by atoms with E-state index in [9.17, 15) is 35.1 Å². The van der Waals surface area contributed by atoms with Gasteiger partial charge in [0.25, 0.3) is 6.08 Å². The number of hydrogen-bond acceptors (Lipinski definition) is 2. The summed E-state index contributed by atoms with van der Waals surface area (Å²) in [6.45, 7) is 2.01. The third-order valence-corrected chi connectivity index (χ3v) is 5.99. The SMILES string of the molecule is CCCc1ccc(-c2ccc(-c3ccc(C(F)(F)Oc4ccc(OC(F)(F)C=C(F)F)c(F)c4)cc3)cc2)c(F)c1. The highest BCUT2D eigenvalue weighted by molar-refractivity contribution is 5.71. The van der Waals surface area contributed by atoms with E-state index < -0.39 is 47.3 Å². The fourth-order valence-electron chi connectivity index (χ4n) is 4.07. The summed E-state index contributed by atoms with van der Waals surface area (Å²) in [5.41, 5.74) is 2.70. The van der Waals surface area contributed by atoms with Gasteiger partial charge in [-0.1, -0.05) is 61.9 Å². The minimum atomic E-state index is -4.52. The first-order valence-corrected chi connectivity index (χ1v) is 12.3. The predicted molar refractivity (Wildman–Crippen MR) is 138 cm³/mol. The number of aryl methyl sites for hydroxylation is 1. The lowest BCUT2D eigenvalue weighted by atomic mass is 9.98. The zero-order chi connectivity index (χ0) is 29.8. The second-order valence-corrected chi connectivity index (χ2v) is 9.03. The van der Waals surface area contributed by atoms with Crippen LogP contribution in [0.2, 0.25) is 0 Å². The topological polar surface area (TPSA) is 18.5 Å². The molecule has 0 aliphatic heterocycles. The number of hydrogen-bond donors (Lipinski definition) is 0. The van der Waals surface area contributed by atoms with E-state index in [4.69, 9.17) is 0 Å². The lowest BCUT2D eigenvalue weighted by Gasteiger charge is -2.19. The Morgan fingerprint density at radius 3 is 1.88 bits per heavy atom. The van der Waals surface area contributed by atoms with Crippen molar-refractivity contribution in [2.75, 3.05) is 0 Å². The van der Waals surface area contributed by atoms with E-state index in [1.165, 1.54) is 18.2 Å². The summed E-state index contributed by atoms with van der Waals surface area (Å²) >= 11 is 0.